The van der Waals surface area contributed by atoms with E-state index < -0.39 is 0 Å². The van der Waals surface area contributed by atoms with E-state index in [0.29, 0.717) is 11.6 Å². The standard InChI is InChI=1S/C16H16N4O2S3/c1-3-13(21)18-10-4-5-11-12(8-10)25-16(19-11)24-9(2)14(22)20-15-17-6-7-23-15/h4-9H,3H2,1-2H3,(H,18,21)(H,17,20,22). The van der Waals surface area contributed by atoms with Gasteiger partial charge >= 0.3 is 0 Å². The monoisotopic (exact) mass is 392 g/mol. The number of benzene rings is 1. The quantitative estimate of drug-likeness (QED) is 0.614. The van der Waals surface area contributed by atoms with Crippen LogP contribution in [0.25, 0.3) is 10.2 Å². The molecule has 2 N–H and O–H groups in total. The Morgan fingerprint density at radius 2 is 2.16 bits per heavy atom. The van der Waals surface area contributed by atoms with Crippen molar-refractivity contribution >= 4 is 67.3 Å². The molecule has 2 aromatic heterocycles. The van der Waals surface area contributed by atoms with Crippen LogP contribution in [-0.2, 0) is 9.59 Å². The third-order valence-electron chi connectivity index (χ3n) is 3.28. The van der Waals surface area contributed by atoms with E-state index in [1.807, 2.05) is 37.4 Å². The molecule has 1 aromatic carbocycles. The van der Waals surface area contributed by atoms with Gasteiger partial charge in [-0.25, -0.2) is 9.97 Å². The first-order valence-corrected chi connectivity index (χ1v) is 10.2. The van der Waals surface area contributed by atoms with Crippen molar-refractivity contribution < 1.29 is 9.59 Å². The van der Waals surface area contributed by atoms with Crippen LogP contribution >= 0.6 is 34.4 Å². The number of hydrogen-bond donors (Lipinski definition) is 2. The molecule has 3 aromatic rings. The molecule has 0 aliphatic carbocycles. The van der Waals surface area contributed by atoms with E-state index in [0.717, 1.165) is 20.2 Å². The maximum atomic E-state index is 12.2. The Hall–Kier alpha value is -1.97. The van der Waals surface area contributed by atoms with Crippen molar-refractivity contribution in [3.8, 4) is 0 Å². The van der Waals surface area contributed by atoms with Crippen molar-refractivity contribution in [1.29, 1.82) is 0 Å². The van der Waals surface area contributed by atoms with Crippen molar-refractivity contribution in [3.05, 3.63) is 29.8 Å². The number of rotatable bonds is 6. The molecule has 0 radical (unpaired) electrons. The lowest BCUT2D eigenvalue weighted by molar-refractivity contribution is -0.116. The van der Waals surface area contributed by atoms with E-state index >= 15 is 0 Å². The Bertz CT molecular complexity index is 892. The average molecular weight is 393 g/mol. The Morgan fingerprint density at radius 3 is 2.88 bits per heavy atom. The number of nitrogens with one attached hydrogen (secondary N) is 2. The molecule has 0 saturated heterocycles. The van der Waals surface area contributed by atoms with Crippen molar-refractivity contribution in [1.82, 2.24) is 9.97 Å². The second-order valence-electron chi connectivity index (χ2n) is 5.15. The highest BCUT2D eigenvalue weighted by molar-refractivity contribution is 8.02. The molecule has 6 nitrogen and oxygen atoms in total. The summed E-state index contributed by atoms with van der Waals surface area (Å²) in [6.07, 6.45) is 2.09. The summed E-state index contributed by atoms with van der Waals surface area (Å²) in [4.78, 5) is 32.3. The van der Waals surface area contributed by atoms with Gasteiger partial charge in [0.05, 0.1) is 15.5 Å². The normalized spacial score (nSPS) is 12.1. The van der Waals surface area contributed by atoms with Crippen LogP contribution in [0.15, 0.2) is 34.1 Å². The van der Waals surface area contributed by atoms with E-state index in [4.69, 9.17) is 0 Å². The predicted molar refractivity (Wildman–Crippen MR) is 105 cm³/mol. The molecule has 1 atom stereocenters. The van der Waals surface area contributed by atoms with Gasteiger partial charge in [-0.1, -0.05) is 18.7 Å². The predicted octanol–water partition coefficient (Wildman–Crippen LogP) is 4.22. The minimum Gasteiger partial charge on any atom is -0.326 e. The van der Waals surface area contributed by atoms with Crippen molar-refractivity contribution in [2.75, 3.05) is 10.6 Å². The van der Waals surface area contributed by atoms with Crippen LogP contribution in [0, 0.1) is 0 Å². The second-order valence-corrected chi connectivity index (χ2v) is 8.66. The van der Waals surface area contributed by atoms with Gasteiger partial charge in [-0.2, -0.15) is 0 Å². The van der Waals surface area contributed by atoms with E-state index in [1.165, 1.54) is 34.4 Å². The third kappa shape index (κ3) is 4.56. The van der Waals surface area contributed by atoms with Crippen molar-refractivity contribution in [2.24, 2.45) is 0 Å². The number of carbonyl (C=O) groups excluding carboxylic acids is 2. The molecular weight excluding hydrogens is 376 g/mol. The number of nitrogens with zero attached hydrogens (tertiary/aromatic N) is 2. The lowest BCUT2D eigenvalue weighted by atomic mass is 10.3. The van der Waals surface area contributed by atoms with Crippen molar-refractivity contribution in [3.63, 3.8) is 0 Å². The van der Waals surface area contributed by atoms with Gasteiger partial charge in [-0.3, -0.25) is 9.59 Å². The molecule has 130 valence electrons. The Labute approximate surface area is 157 Å². The molecule has 0 fully saturated rings. The van der Waals surface area contributed by atoms with Crippen LogP contribution in [0.2, 0.25) is 0 Å². The highest BCUT2D eigenvalue weighted by Gasteiger charge is 2.18. The maximum Gasteiger partial charge on any atom is 0.239 e. The maximum absolute atomic E-state index is 12.2. The van der Waals surface area contributed by atoms with Gasteiger partial charge in [0.25, 0.3) is 0 Å². The molecule has 0 aliphatic rings. The largest absolute Gasteiger partial charge is 0.326 e. The Kier molecular flexibility index (Phi) is 5.67. The molecule has 3 rings (SSSR count). The van der Waals surface area contributed by atoms with Gasteiger partial charge in [0.2, 0.25) is 11.8 Å². The molecule has 0 bridgehead atoms. The summed E-state index contributed by atoms with van der Waals surface area (Å²) in [5.74, 6) is -0.124. The van der Waals surface area contributed by atoms with Gasteiger partial charge in [-0.15, -0.1) is 22.7 Å². The lowest BCUT2D eigenvalue weighted by Crippen LogP contribution is -2.22. The third-order valence-corrected chi connectivity index (χ3v) is 6.18. The molecule has 25 heavy (non-hydrogen) atoms. The summed E-state index contributed by atoms with van der Waals surface area (Å²) < 4.78 is 1.79. The average Bonchev–Trinajstić information content (AvgIpc) is 3.23. The minimum absolute atomic E-state index is 0.0223. The van der Waals surface area contributed by atoms with Crippen LogP contribution < -0.4 is 10.6 Å². The molecule has 0 aliphatic heterocycles. The first-order valence-electron chi connectivity index (χ1n) is 7.62. The van der Waals surface area contributed by atoms with Gasteiger partial charge in [-0.05, 0) is 25.1 Å². The molecule has 0 spiro atoms. The van der Waals surface area contributed by atoms with E-state index in [1.54, 1.807) is 6.20 Å². The number of amides is 2. The summed E-state index contributed by atoms with van der Waals surface area (Å²) in [6, 6.07) is 5.62. The zero-order valence-corrected chi connectivity index (χ0v) is 16.1. The number of fused-ring (bicyclic) bond motifs is 1. The highest BCUT2D eigenvalue weighted by Crippen LogP contribution is 2.33. The molecule has 2 amide bonds. The molecule has 0 saturated carbocycles. The van der Waals surface area contributed by atoms with Crippen LogP contribution in [0.1, 0.15) is 20.3 Å². The number of carbonyl (C=O) groups is 2. The first kappa shape index (κ1) is 17.8. The van der Waals surface area contributed by atoms with E-state index in [-0.39, 0.29) is 17.1 Å². The molecule has 1 unspecified atom stereocenters. The second kappa shape index (κ2) is 7.94. The van der Waals surface area contributed by atoms with Gasteiger partial charge in [0, 0.05) is 23.7 Å². The summed E-state index contributed by atoms with van der Waals surface area (Å²) in [5.41, 5.74) is 1.61. The lowest BCUT2D eigenvalue weighted by Gasteiger charge is -2.07. The zero-order valence-electron chi connectivity index (χ0n) is 13.6. The smallest absolute Gasteiger partial charge is 0.239 e. The Balaban J connectivity index is 1.68. The van der Waals surface area contributed by atoms with Gasteiger partial charge < -0.3 is 10.6 Å². The fourth-order valence-corrected chi connectivity index (χ4v) is 4.76. The number of thiazole rings is 2. The van der Waals surface area contributed by atoms with Gasteiger partial charge in [0.1, 0.15) is 0 Å². The molecular formula is C16H16N4O2S3. The first-order chi connectivity index (χ1) is 12.0. The summed E-state index contributed by atoms with van der Waals surface area (Å²) >= 11 is 4.30. The van der Waals surface area contributed by atoms with Crippen LogP contribution in [0.4, 0.5) is 10.8 Å². The van der Waals surface area contributed by atoms with Crippen LogP contribution in [0.5, 0.6) is 0 Å². The minimum atomic E-state index is -0.288. The van der Waals surface area contributed by atoms with E-state index in [2.05, 4.69) is 20.6 Å². The zero-order chi connectivity index (χ0) is 17.8. The number of aromatic nitrogens is 2. The van der Waals surface area contributed by atoms with Gasteiger partial charge in [0.15, 0.2) is 9.47 Å². The fraction of sp³-hybridized carbons (Fsp3) is 0.250. The van der Waals surface area contributed by atoms with Crippen molar-refractivity contribution in [2.45, 2.75) is 29.9 Å². The SMILES string of the molecule is CCC(=O)Nc1ccc2nc(SC(C)C(=O)Nc3nccs3)sc2c1. The van der Waals surface area contributed by atoms with Crippen LogP contribution in [-0.4, -0.2) is 27.0 Å². The number of thioether (sulfide) groups is 1. The molecule has 9 heteroatoms. The summed E-state index contributed by atoms with van der Waals surface area (Å²) in [7, 11) is 0. The molecule has 2 heterocycles. The summed E-state index contributed by atoms with van der Waals surface area (Å²) in [6.45, 7) is 3.65. The topological polar surface area (TPSA) is 84.0 Å². The number of hydrogen-bond acceptors (Lipinski definition) is 7. The fourth-order valence-electron chi connectivity index (χ4n) is 1.98. The Morgan fingerprint density at radius 1 is 1.32 bits per heavy atom. The van der Waals surface area contributed by atoms with E-state index in [9.17, 15) is 9.59 Å². The highest BCUT2D eigenvalue weighted by atomic mass is 32.2. The summed E-state index contributed by atoms with van der Waals surface area (Å²) in [5, 5.41) is 7.75. The van der Waals surface area contributed by atoms with Crippen LogP contribution in [0.3, 0.4) is 0 Å². The number of anilines is 2.